The molecule has 0 saturated heterocycles. The van der Waals surface area contributed by atoms with Gasteiger partial charge in [-0.1, -0.05) is 54.3 Å². The Morgan fingerprint density at radius 1 is 1.07 bits per heavy atom. The lowest BCUT2D eigenvalue weighted by atomic mass is 10.3. The number of rotatable bonds is 7. The van der Waals surface area contributed by atoms with Crippen LogP contribution in [-0.2, 0) is 4.79 Å². The topological polar surface area (TPSA) is 32.3 Å². The van der Waals surface area contributed by atoms with Crippen LogP contribution in [0.4, 0.5) is 11.4 Å². The number of nitrogens with zero attached hydrogens (tertiary/aromatic N) is 1. The van der Waals surface area contributed by atoms with Gasteiger partial charge in [0.25, 0.3) is 0 Å². The van der Waals surface area contributed by atoms with Crippen LogP contribution in [0, 0.1) is 0 Å². The van der Waals surface area contributed by atoms with Gasteiger partial charge in [0.05, 0.1) is 10.7 Å². The number of carbonyl (C=O) groups is 1. The lowest BCUT2D eigenvalue weighted by molar-refractivity contribution is -0.107. The van der Waals surface area contributed by atoms with Crippen molar-refractivity contribution in [1.29, 1.82) is 0 Å². The molecule has 0 fully saturated rings. The number of para-hydroxylation sites is 2. The monoisotopic (exact) mass is 408 g/mol. The fourth-order valence-electron chi connectivity index (χ4n) is 2.87. The van der Waals surface area contributed by atoms with E-state index in [1.807, 2.05) is 43.3 Å². The molecule has 2 aromatic rings. The van der Waals surface area contributed by atoms with Crippen LogP contribution < -0.4 is 10.2 Å². The SMILES string of the molecule is CCNc1ccccc1SC(=O)/C=C/C=C/C=C1\Sc2ccccc2N1CC. The minimum absolute atomic E-state index is 0.0143. The molecule has 3 rings (SSSR count). The van der Waals surface area contributed by atoms with E-state index >= 15 is 0 Å². The van der Waals surface area contributed by atoms with Crippen molar-refractivity contribution in [2.45, 2.75) is 23.6 Å². The molecule has 2 aromatic carbocycles. The molecule has 0 saturated carbocycles. The summed E-state index contributed by atoms with van der Waals surface area (Å²) in [7, 11) is 0. The van der Waals surface area contributed by atoms with Crippen molar-refractivity contribution in [2.75, 3.05) is 23.3 Å². The van der Waals surface area contributed by atoms with Gasteiger partial charge in [0.1, 0.15) is 0 Å². The van der Waals surface area contributed by atoms with Gasteiger partial charge < -0.3 is 10.2 Å². The van der Waals surface area contributed by atoms with Gasteiger partial charge in [0.15, 0.2) is 0 Å². The molecule has 3 nitrogen and oxygen atoms in total. The zero-order chi connectivity index (χ0) is 19.8. The minimum Gasteiger partial charge on any atom is -0.384 e. The van der Waals surface area contributed by atoms with Crippen LogP contribution in [0.2, 0.25) is 0 Å². The van der Waals surface area contributed by atoms with Gasteiger partial charge in [-0.25, -0.2) is 0 Å². The minimum atomic E-state index is 0.0143. The molecule has 0 aromatic heterocycles. The Morgan fingerprint density at radius 3 is 2.68 bits per heavy atom. The van der Waals surface area contributed by atoms with Gasteiger partial charge in [-0.3, -0.25) is 4.79 Å². The average Bonchev–Trinajstić information content (AvgIpc) is 3.06. The first-order chi connectivity index (χ1) is 13.7. The van der Waals surface area contributed by atoms with Crippen molar-refractivity contribution in [2.24, 2.45) is 0 Å². The Kier molecular flexibility index (Phi) is 7.46. The first-order valence-corrected chi connectivity index (χ1v) is 11.0. The highest BCUT2D eigenvalue weighted by Crippen LogP contribution is 2.45. The van der Waals surface area contributed by atoms with Crippen molar-refractivity contribution in [3.8, 4) is 0 Å². The fraction of sp³-hybridized carbons (Fsp3) is 0.174. The molecule has 1 N–H and O–H groups in total. The second-order valence-corrected chi connectivity index (χ2v) is 8.12. The van der Waals surface area contributed by atoms with Crippen molar-refractivity contribution >= 4 is 40.0 Å². The zero-order valence-corrected chi connectivity index (χ0v) is 17.7. The lowest BCUT2D eigenvalue weighted by Crippen LogP contribution is -2.16. The quantitative estimate of drug-likeness (QED) is 0.329. The van der Waals surface area contributed by atoms with Crippen LogP contribution in [0.15, 0.2) is 93.7 Å². The number of hydrogen-bond donors (Lipinski definition) is 1. The van der Waals surface area contributed by atoms with Gasteiger partial charge in [0, 0.05) is 28.6 Å². The Morgan fingerprint density at radius 2 is 1.86 bits per heavy atom. The third kappa shape index (κ3) is 5.12. The highest BCUT2D eigenvalue weighted by Gasteiger charge is 2.22. The Hall–Kier alpha value is -2.37. The number of nitrogens with one attached hydrogen (secondary N) is 1. The number of anilines is 2. The van der Waals surface area contributed by atoms with Gasteiger partial charge in [-0.15, -0.1) is 0 Å². The molecule has 5 heteroatoms. The van der Waals surface area contributed by atoms with E-state index in [1.54, 1.807) is 23.9 Å². The summed E-state index contributed by atoms with van der Waals surface area (Å²) in [5.41, 5.74) is 2.26. The molecule has 0 spiro atoms. The average molecular weight is 409 g/mol. The maximum atomic E-state index is 12.2. The van der Waals surface area contributed by atoms with E-state index < -0.39 is 0 Å². The van der Waals surface area contributed by atoms with Crippen LogP contribution in [-0.4, -0.2) is 18.2 Å². The highest BCUT2D eigenvalue weighted by molar-refractivity contribution is 8.14. The highest BCUT2D eigenvalue weighted by atomic mass is 32.2. The summed E-state index contributed by atoms with van der Waals surface area (Å²) in [6.45, 7) is 5.96. The predicted octanol–water partition coefficient (Wildman–Crippen LogP) is 6.32. The van der Waals surface area contributed by atoms with E-state index in [1.165, 1.54) is 27.4 Å². The lowest BCUT2D eigenvalue weighted by Gasteiger charge is -2.17. The largest absolute Gasteiger partial charge is 0.384 e. The molecular formula is C23H24N2OS2. The normalized spacial score (nSPS) is 14.9. The summed E-state index contributed by atoms with van der Waals surface area (Å²) >= 11 is 3.01. The fourth-order valence-corrected chi connectivity index (χ4v) is 4.77. The first-order valence-electron chi connectivity index (χ1n) is 9.37. The van der Waals surface area contributed by atoms with Crippen LogP contribution in [0.3, 0.4) is 0 Å². The number of hydrogen-bond acceptors (Lipinski definition) is 5. The summed E-state index contributed by atoms with van der Waals surface area (Å²) in [4.78, 5) is 16.8. The van der Waals surface area contributed by atoms with E-state index in [9.17, 15) is 4.79 Å². The molecular weight excluding hydrogens is 384 g/mol. The summed E-state index contributed by atoms with van der Waals surface area (Å²) < 4.78 is 0. The zero-order valence-electron chi connectivity index (χ0n) is 16.1. The second kappa shape index (κ2) is 10.2. The standard InChI is InChI=1S/C23H24N2OS2/c1-3-24-18-12-8-10-14-20(18)28-23(26)17-7-5-6-16-22-25(4-2)19-13-9-11-15-21(19)27-22/h5-17,24H,3-4H2,1-2H3/b6-5+,17-7+,22-16-. The third-order valence-electron chi connectivity index (χ3n) is 4.11. The van der Waals surface area contributed by atoms with Crippen molar-refractivity contribution in [1.82, 2.24) is 0 Å². The van der Waals surface area contributed by atoms with Crippen molar-refractivity contribution < 1.29 is 4.79 Å². The molecule has 1 heterocycles. The molecule has 0 amide bonds. The number of carbonyl (C=O) groups excluding carboxylic acids is 1. The molecule has 0 atom stereocenters. The summed E-state index contributed by atoms with van der Waals surface area (Å²) in [6, 6.07) is 16.3. The van der Waals surface area contributed by atoms with Crippen LogP contribution >= 0.6 is 23.5 Å². The van der Waals surface area contributed by atoms with Gasteiger partial charge >= 0.3 is 0 Å². The van der Waals surface area contributed by atoms with Crippen LogP contribution in [0.1, 0.15) is 13.8 Å². The Bertz CT molecular complexity index is 918. The number of fused-ring (bicyclic) bond motifs is 1. The van der Waals surface area contributed by atoms with Crippen molar-refractivity contribution in [3.63, 3.8) is 0 Å². The number of allylic oxidation sites excluding steroid dienone is 4. The second-order valence-electron chi connectivity index (χ2n) is 6.01. The van der Waals surface area contributed by atoms with E-state index in [4.69, 9.17) is 0 Å². The van der Waals surface area contributed by atoms with E-state index in [-0.39, 0.29) is 5.12 Å². The molecule has 144 valence electrons. The van der Waals surface area contributed by atoms with E-state index in [0.29, 0.717) is 0 Å². The molecule has 0 unspecified atom stereocenters. The van der Waals surface area contributed by atoms with Gasteiger partial charge in [0.2, 0.25) is 5.12 Å². The number of thioether (sulfide) groups is 2. The smallest absolute Gasteiger partial charge is 0.216 e. The first kappa shape index (κ1) is 20.4. The summed E-state index contributed by atoms with van der Waals surface area (Å²) in [6.07, 6.45) is 9.38. The van der Waals surface area contributed by atoms with Gasteiger partial charge in [-0.2, -0.15) is 0 Å². The third-order valence-corrected chi connectivity index (χ3v) is 6.15. The molecule has 0 aliphatic carbocycles. The predicted molar refractivity (Wildman–Crippen MR) is 123 cm³/mol. The van der Waals surface area contributed by atoms with Gasteiger partial charge in [-0.05, 0) is 62.0 Å². The molecule has 1 aliphatic heterocycles. The van der Waals surface area contributed by atoms with E-state index in [2.05, 4.69) is 47.5 Å². The molecule has 28 heavy (non-hydrogen) atoms. The van der Waals surface area contributed by atoms with E-state index in [0.717, 1.165) is 23.7 Å². The number of benzene rings is 2. The van der Waals surface area contributed by atoms with Crippen LogP contribution in [0.5, 0.6) is 0 Å². The maximum absolute atomic E-state index is 12.2. The molecule has 1 aliphatic rings. The Balaban J connectivity index is 1.58. The summed E-state index contributed by atoms with van der Waals surface area (Å²) in [5.74, 6) is 0. The van der Waals surface area contributed by atoms with Crippen LogP contribution in [0.25, 0.3) is 0 Å². The molecule has 0 radical (unpaired) electrons. The molecule has 0 bridgehead atoms. The maximum Gasteiger partial charge on any atom is 0.216 e. The Labute approximate surface area is 175 Å². The van der Waals surface area contributed by atoms with Crippen molar-refractivity contribution in [3.05, 3.63) is 83.9 Å². The summed E-state index contributed by atoms with van der Waals surface area (Å²) in [5, 5.41) is 4.50.